The highest BCUT2D eigenvalue weighted by Gasteiger charge is 2.17. The van der Waals surface area contributed by atoms with Crippen LogP contribution in [0.1, 0.15) is 30.1 Å². The van der Waals surface area contributed by atoms with E-state index in [9.17, 15) is 4.79 Å². The van der Waals surface area contributed by atoms with Crippen molar-refractivity contribution in [3.05, 3.63) is 17.5 Å². The van der Waals surface area contributed by atoms with Crippen molar-refractivity contribution < 1.29 is 14.4 Å². The summed E-state index contributed by atoms with van der Waals surface area (Å²) in [7, 11) is 0. The number of carbonyl (C=O) groups is 1. The van der Waals surface area contributed by atoms with E-state index in [1.807, 2.05) is 13.8 Å². The lowest BCUT2D eigenvalue weighted by molar-refractivity contribution is 0.0907. The summed E-state index contributed by atoms with van der Waals surface area (Å²) in [5.41, 5.74) is 0.268. The van der Waals surface area contributed by atoms with Gasteiger partial charge >= 0.3 is 0 Å². The first-order chi connectivity index (χ1) is 7.04. The van der Waals surface area contributed by atoms with Crippen LogP contribution >= 0.6 is 0 Å². The van der Waals surface area contributed by atoms with Gasteiger partial charge in [0.2, 0.25) is 0 Å². The van der Waals surface area contributed by atoms with Gasteiger partial charge in [0, 0.05) is 18.7 Å². The van der Waals surface area contributed by atoms with Crippen LogP contribution in [0.3, 0.4) is 0 Å². The number of aliphatic hydroxyl groups excluding tert-OH is 1. The molecule has 0 aliphatic heterocycles. The van der Waals surface area contributed by atoms with Gasteiger partial charge < -0.3 is 14.9 Å². The zero-order valence-corrected chi connectivity index (χ0v) is 9.15. The second kappa shape index (κ2) is 4.93. The first kappa shape index (κ1) is 11.7. The Labute approximate surface area is 88.5 Å². The molecule has 0 fully saturated rings. The summed E-state index contributed by atoms with van der Waals surface area (Å²) < 4.78 is 4.79. The molecule has 1 aromatic rings. The Morgan fingerprint density at radius 3 is 2.80 bits per heavy atom. The lowest BCUT2D eigenvalue weighted by Crippen LogP contribution is -2.38. The first-order valence-electron chi connectivity index (χ1n) is 4.89. The Kier molecular flexibility index (Phi) is 3.85. The molecule has 15 heavy (non-hydrogen) atoms. The maximum atomic E-state index is 11.6. The van der Waals surface area contributed by atoms with Crippen molar-refractivity contribution in [1.29, 1.82) is 0 Å². The zero-order valence-electron chi connectivity index (χ0n) is 9.15. The molecular weight excluding hydrogens is 196 g/mol. The minimum absolute atomic E-state index is 0.0157. The fourth-order valence-corrected chi connectivity index (χ4v) is 1.05. The third-order valence-corrected chi connectivity index (χ3v) is 2.36. The van der Waals surface area contributed by atoms with E-state index < -0.39 is 0 Å². The predicted molar refractivity (Wildman–Crippen MR) is 54.4 cm³/mol. The summed E-state index contributed by atoms with van der Waals surface area (Å²) in [6.07, 6.45) is 0. The standard InChI is InChI=1S/C10H16N2O3/c1-6(5-13)8(3)11-10(14)9-4-7(2)15-12-9/h4,6,8,13H,5H2,1-3H3,(H,11,14). The van der Waals surface area contributed by atoms with E-state index >= 15 is 0 Å². The number of hydrogen-bond acceptors (Lipinski definition) is 4. The molecular formula is C10H16N2O3. The molecule has 1 heterocycles. The number of carbonyl (C=O) groups excluding carboxylic acids is 1. The van der Waals surface area contributed by atoms with Gasteiger partial charge in [-0.15, -0.1) is 0 Å². The fourth-order valence-electron chi connectivity index (χ4n) is 1.05. The number of rotatable bonds is 4. The van der Waals surface area contributed by atoms with Crippen LogP contribution < -0.4 is 5.32 Å². The maximum absolute atomic E-state index is 11.6. The Bertz CT molecular complexity index is 335. The van der Waals surface area contributed by atoms with E-state index in [0.29, 0.717) is 5.76 Å². The average Bonchev–Trinajstić information content (AvgIpc) is 2.63. The van der Waals surface area contributed by atoms with Gasteiger partial charge in [0.25, 0.3) is 5.91 Å². The predicted octanol–water partition coefficient (Wildman–Crippen LogP) is 0.730. The Balaban J connectivity index is 2.56. The highest BCUT2D eigenvalue weighted by atomic mass is 16.5. The van der Waals surface area contributed by atoms with E-state index in [1.165, 1.54) is 0 Å². The van der Waals surface area contributed by atoms with Crippen molar-refractivity contribution in [2.75, 3.05) is 6.61 Å². The van der Waals surface area contributed by atoms with Gasteiger partial charge in [-0.1, -0.05) is 12.1 Å². The molecule has 1 rings (SSSR count). The highest BCUT2D eigenvalue weighted by Crippen LogP contribution is 2.05. The number of nitrogens with zero attached hydrogens (tertiary/aromatic N) is 1. The van der Waals surface area contributed by atoms with Crippen LogP contribution in [0, 0.1) is 12.8 Å². The molecule has 5 heteroatoms. The minimum Gasteiger partial charge on any atom is -0.396 e. The molecule has 0 saturated carbocycles. The lowest BCUT2D eigenvalue weighted by atomic mass is 10.1. The van der Waals surface area contributed by atoms with Gasteiger partial charge in [-0.3, -0.25) is 4.79 Å². The van der Waals surface area contributed by atoms with Crippen LogP contribution in [-0.2, 0) is 0 Å². The molecule has 2 N–H and O–H groups in total. The fraction of sp³-hybridized carbons (Fsp3) is 0.600. The second-order valence-corrected chi connectivity index (χ2v) is 3.74. The number of aromatic nitrogens is 1. The van der Waals surface area contributed by atoms with Gasteiger partial charge in [0.15, 0.2) is 5.69 Å². The summed E-state index contributed by atoms with van der Waals surface area (Å²) in [5, 5.41) is 15.3. The van der Waals surface area contributed by atoms with Crippen molar-refractivity contribution in [3.63, 3.8) is 0 Å². The van der Waals surface area contributed by atoms with Crippen LogP contribution in [0.15, 0.2) is 10.6 Å². The molecule has 2 atom stereocenters. The molecule has 2 unspecified atom stereocenters. The number of aliphatic hydroxyl groups is 1. The average molecular weight is 212 g/mol. The summed E-state index contributed by atoms with van der Waals surface area (Å²) >= 11 is 0. The normalized spacial score (nSPS) is 14.7. The van der Waals surface area contributed by atoms with E-state index in [1.54, 1.807) is 13.0 Å². The van der Waals surface area contributed by atoms with E-state index in [-0.39, 0.29) is 30.2 Å². The van der Waals surface area contributed by atoms with Crippen molar-refractivity contribution in [3.8, 4) is 0 Å². The molecule has 0 spiro atoms. The zero-order chi connectivity index (χ0) is 11.4. The first-order valence-corrected chi connectivity index (χ1v) is 4.89. The van der Waals surface area contributed by atoms with Crippen LogP contribution in [0.25, 0.3) is 0 Å². The van der Waals surface area contributed by atoms with Crippen LogP contribution in [-0.4, -0.2) is 28.8 Å². The molecule has 0 saturated heterocycles. The topological polar surface area (TPSA) is 75.4 Å². The van der Waals surface area contributed by atoms with Gasteiger partial charge in [-0.25, -0.2) is 0 Å². The molecule has 1 aromatic heterocycles. The van der Waals surface area contributed by atoms with Crippen LogP contribution in [0.4, 0.5) is 0 Å². The third-order valence-electron chi connectivity index (χ3n) is 2.36. The van der Waals surface area contributed by atoms with Crippen molar-refractivity contribution in [2.24, 2.45) is 5.92 Å². The number of hydrogen-bond donors (Lipinski definition) is 2. The van der Waals surface area contributed by atoms with Crippen molar-refractivity contribution in [2.45, 2.75) is 26.8 Å². The third kappa shape index (κ3) is 3.06. The molecule has 1 amide bonds. The monoisotopic (exact) mass is 212 g/mol. The molecule has 84 valence electrons. The SMILES string of the molecule is Cc1cc(C(=O)NC(C)C(C)CO)no1. The molecule has 0 radical (unpaired) electrons. The largest absolute Gasteiger partial charge is 0.396 e. The van der Waals surface area contributed by atoms with Crippen LogP contribution in [0.2, 0.25) is 0 Å². The van der Waals surface area contributed by atoms with Gasteiger partial charge in [0.05, 0.1) is 0 Å². The Morgan fingerprint density at radius 2 is 2.33 bits per heavy atom. The summed E-state index contributed by atoms with van der Waals surface area (Å²) in [6.45, 7) is 5.47. The molecule has 0 aromatic carbocycles. The smallest absolute Gasteiger partial charge is 0.273 e. The lowest BCUT2D eigenvalue weighted by Gasteiger charge is -2.18. The molecule has 0 aliphatic rings. The van der Waals surface area contributed by atoms with Gasteiger partial charge in [0.1, 0.15) is 5.76 Å². The molecule has 5 nitrogen and oxygen atoms in total. The summed E-state index contributed by atoms with van der Waals surface area (Å²) in [6, 6.07) is 1.48. The summed E-state index contributed by atoms with van der Waals surface area (Å²) in [5.74, 6) is 0.338. The van der Waals surface area contributed by atoms with Gasteiger partial charge in [-0.05, 0) is 19.8 Å². The van der Waals surface area contributed by atoms with E-state index in [0.717, 1.165) is 0 Å². The van der Waals surface area contributed by atoms with E-state index in [2.05, 4.69) is 10.5 Å². The molecule has 0 bridgehead atoms. The number of aryl methyl sites for hydroxylation is 1. The Morgan fingerprint density at radius 1 is 1.67 bits per heavy atom. The van der Waals surface area contributed by atoms with Gasteiger partial charge in [-0.2, -0.15) is 0 Å². The van der Waals surface area contributed by atoms with Crippen molar-refractivity contribution >= 4 is 5.91 Å². The van der Waals surface area contributed by atoms with Crippen LogP contribution in [0.5, 0.6) is 0 Å². The number of amides is 1. The quantitative estimate of drug-likeness (QED) is 0.771. The molecule has 0 aliphatic carbocycles. The van der Waals surface area contributed by atoms with E-state index in [4.69, 9.17) is 9.63 Å². The highest BCUT2D eigenvalue weighted by molar-refractivity contribution is 5.92. The number of nitrogens with one attached hydrogen (secondary N) is 1. The second-order valence-electron chi connectivity index (χ2n) is 3.74. The van der Waals surface area contributed by atoms with Crippen molar-refractivity contribution in [1.82, 2.24) is 10.5 Å². The Hall–Kier alpha value is -1.36. The minimum atomic E-state index is -0.278. The maximum Gasteiger partial charge on any atom is 0.273 e. The summed E-state index contributed by atoms with van der Waals surface area (Å²) in [4.78, 5) is 11.6.